The molecule has 5 rings (SSSR count). The Morgan fingerprint density at radius 1 is 1.11 bits per heavy atom. The van der Waals surface area contributed by atoms with Gasteiger partial charge in [-0.25, -0.2) is 4.98 Å². The Balaban J connectivity index is 1.54. The van der Waals surface area contributed by atoms with E-state index >= 15 is 0 Å². The number of amides is 1. The van der Waals surface area contributed by atoms with Gasteiger partial charge < -0.3 is 15.4 Å². The van der Waals surface area contributed by atoms with E-state index in [1.54, 1.807) is 18.2 Å². The van der Waals surface area contributed by atoms with Gasteiger partial charge in [0.15, 0.2) is 5.16 Å². The fourth-order valence-corrected chi connectivity index (χ4v) is 4.98. The number of anilines is 1. The minimum Gasteiger partial charge on any atom is -0.378 e. The fraction of sp³-hybridized carbons (Fsp3) is 0.292. The van der Waals surface area contributed by atoms with Crippen LogP contribution in [0.4, 0.5) is 5.95 Å². The molecule has 4 aromatic rings. The maximum atomic E-state index is 13.1. The summed E-state index contributed by atoms with van der Waals surface area (Å²) in [5.41, 5.74) is 7.78. The van der Waals surface area contributed by atoms with E-state index < -0.39 is 5.91 Å². The molecule has 3 heterocycles. The van der Waals surface area contributed by atoms with Crippen LogP contribution < -0.4 is 16.2 Å². The van der Waals surface area contributed by atoms with Crippen molar-refractivity contribution in [1.29, 1.82) is 0 Å². The van der Waals surface area contributed by atoms with Crippen molar-refractivity contribution in [3.8, 4) is 5.69 Å². The lowest BCUT2D eigenvalue weighted by molar-refractivity contribution is -0.118. The first-order valence-electron chi connectivity index (χ1n) is 11.3. The van der Waals surface area contributed by atoms with Crippen LogP contribution in [0.15, 0.2) is 58.5 Å². The molecule has 1 fully saturated rings. The Kier molecular flexibility index (Phi) is 6.51. The first kappa shape index (κ1) is 23.1. The van der Waals surface area contributed by atoms with Crippen LogP contribution in [0.2, 0.25) is 0 Å². The minimum atomic E-state index is -0.604. The molecule has 0 aliphatic carbocycles. The molecule has 0 bridgehead atoms. The molecule has 1 aliphatic rings. The van der Waals surface area contributed by atoms with Crippen LogP contribution in [0.3, 0.4) is 0 Å². The van der Waals surface area contributed by atoms with Crippen molar-refractivity contribution >= 4 is 34.5 Å². The number of aromatic nitrogens is 5. The summed E-state index contributed by atoms with van der Waals surface area (Å²) in [7, 11) is 0. The Morgan fingerprint density at radius 3 is 2.69 bits per heavy atom. The SMILES string of the molecule is Cc1cccc(-n2c(SCc3nc4ccccc4c(=O)n3CC(N)=O)nnc2N2CCOCC2)c1. The van der Waals surface area contributed by atoms with Gasteiger partial charge in [-0.15, -0.1) is 10.2 Å². The summed E-state index contributed by atoms with van der Waals surface area (Å²) in [5.74, 6) is 0.889. The predicted molar refractivity (Wildman–Crippen MR) is 134 cm³/mol. The third-order valence-electron chi connectivity index (χ3n) is 5.76. The van der Waals surface area contributed by atoms with E-state index in [0.29, 0.717) is 40.9 Å². The molecule has 11 heteroatoms. The Morgan fingerprint density at radius 2 is 1.91 bits per heavy atom. The molecule has 2 N–H and O–H groups in total. The highest BCUT2D eigenvalue weighted by molar-refractivity contribution is 7.98. The topological polar surface area (TPSA) is 121 Å². The number of carbonyl (C=O) groups is 1. The number of para-hydroxylation sites is 1. The third-order valence-corrected chi connectivity index (χ3v) is 6.68. The summed E-state index contributed by atoms with van der Waals surface area (Å²) in [6, 6.07) is 15.2. The molecule has 0 spiro atoms. The lowest BCUT2D eigenvalue weighted by Crippen LogP contribution is -2.37. The second kappa shape index (κ2) is 9.88. The van der Waals surface area contributed by atoms with Crippen LogP contribution in [0.25, 0.3) is 16.6 Å². The van der Waals surface area contributed by atoms with E-state index in [-0.39, 0.29) is 12.1 Å². The van der Waals surface area contributed by atoms with Crippen molar-refractivity contribution in [2.45, 2.75) is 24.4 Å². The summed E-state index contributed by atoms with van der Waals surface area (Å²) in [6.07, 6.45) is 0. The van der Waals surface area contributed by atoms with Gasteiger partial charge in [0, 0.05) is 13.1 Å². The molecule has 35 heavy (non-hydrogen) atoms. The quantitative estimate of drug-likeness (QED) is 0.389. The van der Waals surface area contributed by atoms with E-state index in [1.165, 1.54) is 16.3 Å². The molecule has 1 aliphatic heterocycles. The number of hydrogen-bond acceptors (Lipinski definition) is 8. The second-order valence-corrected chi connectivity index (χ2v) is 9.19. The zero-order valence-corrected chi connectivity index (χ0v) is 20.1. The fourth-order valence-electron chi connectivity index (χ4n) is 4.09. The average molecular weight is 492 g/mol. The van der Waals surface area contributed by atoms with Crippen molar-refractivity contribution < 1.29 is 9.53 Å². The Hall–Kier alpha value is -3.70. The summed E-state index contributed by atoms with van der Waals surface area (Å²) < 4.78 is 8.86. The van der Waals surface area contributed by atoms with Crippen LogP contribution in [0.1, 0.15) is 11.4 Å². The van der Waals surface area contributed by atoms with Gasteiger partial charge in [-0.3, -0.25) is 18.7 Å². The van der Waals surface area contributed by atoms with Crippen LogP contribution in [0, 0.1) is 6.92 Å². The van der Waals surface area contributed by atoms with Gasteiger partial charge in [0.1, 0.15) is 12.4 Å². The molecular weight excluding hydrogens is 466 g/mol. The van der Waals surface area contributed by atoms with Crippen LogP contribution >= 0.6 is 11.8 Å². The number of aryl methyl sites for hydroxylation is 1. The Bertz CT molecular complexity index is 1440. The molecule has 0 saturated carbocycles. The molecule has 2 aromatic carbocycles. The van der Waals surface area contributed by atoms with E-state index in [9.17, 15) is 9.59 Å². The zero-order chi connectivity index (χ0) is 24.4. The number of nitrogens with two attached hydrogens (primary N) is 1. The molecule has 10 nitrogen and oxygen atoms in total. The number of nitrogens with zero attached hydrogens (tertiary/aromatic N) is 6. The van der Waals surface area contributed by atoms with Gasteiger partial charge in [-0.2, -0.15) is 0 Å². The maximum absolute atomic E-state index is 13.1. The molecule has 2 aromatic heterocycles. The molecule has 0 atom stereocenters. The van der Waals surface area contributed by atoms with Crippen LogP contribution in [0.5, 0.6) is 0 Å². The average Bonchev–Trinajstić information content (AvgIpc) is 3.29. The van der Waals surface area contributed by atoms with Crippen LogP contribution in [-0.2, 0) is 21.8 Å². The second-order valence-electron chi connectivity index (χ2n) is 8.25. The number of carbonyl (C=O) groups excluding carboxylic acids is 1. The van der Waals surface area contributed by atoms with Gasteiger partial charge in [-0.1, -0.05) is 36.0 Å². The van der Waals surface area contributed by atoms with E-state index in [0.717, 1.165) is 30.3 Å². The normalized spacial score (nSPS) is 13.9. The summed E-state index contributed by atoms with van der Waals surface area (Å²) >= 11 is 1.40. The van der Waals surface area contributed by atoms with Gasteiger partial charge >= 0.3 is 0 Å². The number of ether oxygens (including phenoxy) is 1. The number of fused-ring (bicyclic) bond motifs is 1. The highest BCUT2D eigenvalue weighted by atomic mass is 32.2. The van der Waals surface area contributed by atoms with Crippen molar-refractivity contribution in [1.82, 2.24) is 24.3 Å². The minimum absolute atomic E-state index is 0.240. The number of rotatable bonds is 7. The van der Waals surface area contributed by atoms with Crippen molar-refractivity contribution in [2.75, 3.05) is 31.2 Å². The van der Waals surface area contributed by atoms with Crippen molar-refractivity contribution in [3.05, 3.63) is 70.3 Å². The lowest BCUT2D eigenvalue weighted by atomic mass is 10.2. The largest absolute Gasteiger partial charge is 0.378 e. The zero-order valence-electron chi connectivity index (χ0n) is 19.3. The van der Waals surface area contributed by atoms with E-state index in [2.05, 4.69) is 26.1 Å². The number of hydrogen-bond donors (Lipinski definition) is 1. The number of thioether (sulfide) groups is 1. The number of benzene rings is 2. The van der Waals surface area contributed by atoms with Gasteiger partial charge in [0.05, 0.1) is 35.6 Å². The monoisotopic (exact) mass is 491 g/mol. The molecule has 0 radical (unpaired) electrons. The highest BCUT2D eigenvalue weighted by Crippen LogP contribution is 2.29. The molecule has 180 valence electrons. The van der Waals surface area contributed by atoms with E-state index in [4.69, 9.17) is 10.5 Å². The number of morpholine rings is 1. The maximum Gasteiger partial charge on any atom is 0.261 e. The molecule has 1 saturated heterocycles. The smallest absolute Gasteiger partial charge is 0.261 e. The first-order valence-corrected chi connectivity index (χ1v) is 12.2. The Labute approximate surface area is 205 Å². The first-order chi connectivity index (χ1) is 17.0. The summed E-state index contributed by atoms with van der Waals surface area (Å²) in [4.78, 5) is 31.6. The summed E-state index contributed by atoms with van der Waals surface area (Å²) in [6.45, 7) is 4.50. The summed E-state index contributed by atoms with van der Waals surface area (Å²) in [5, 5.41) is 10.1. The van der Waals surface area contributed by atoms with Crippen molar-refractivity contribution in [3.63, 3.8) is 0 Å². The third kappa shape index (κ3) is 4.77. The standard InChI is InChI=1S/C24H25N7O3S/c1-16-5-4-6-17(13-16)31-23(29-9-11-34-12-10-29)27-28-24(31)35-15-21-26-19-8-3-2-7-18(19)22(33)30(21)14-20(25)32/h2-8,13H,9-12,14-15H2,1H3,(H2,25,32). The molecule has 0 unspecified atom stereocenters. The molecule has 1 amide bonds. The van der Waals surface area contributed by atoms with Crippen LogP contribution in [-0.4, -0.2) is 56.5 Å². The lowest BCUT2D eigenvalue weighted by Gasteiger charge is -2.28. The van der Waals surface area contributed by atoms with E-state index in [1.807, 2.05) is 35.8 Å². The van der Waals surface area contributed by atoms with Gasteiger partial charge in [-0.05, 0) is 36.8 Å². The highest BCUT2D eigenvalue weighted by Gasteiger charge is 2.23. The van der Waals surface area contributed by atoms with Crippen molar-refractivity contribution in [2.24, 2.45) is 5.73 Å². The van der Waals surface area contributed by atoms with Gasteiger partial charge in [0.2, 0.25) is 11.9 Å². The molecular formula is C24H25N7O3S. The number of primary amides is 1. The van der Waals surface area contributed by atoms with Gasteiger partial charge in [0.25, 0.3) is 5.56 Å². The predicted octanol–water partition coefficient (Wildman–Crippen LogP) is 1.90.